The second-order valence-corrected chi connectivity index (χ2v) is 3.63. The molecular formula is C8H13B2NO. The molecule has 0 saturated carbocycles. The lowest BCUT2D eigenvalue weighted by Gasteiger charge is -2.18. The second kappa shape index (κ2) is 2.87. The van der Waals surface area contributed by atoms with Crippen molar-refractivity contribution in [1.29, 1.82) is 0 Å². The summed E-state index contributed by atoms with van der Waals surface area (Å²) >= 11 is 0. The minimum Gasteiger partial charge on any atom is -0.403 e. The van der Waals surface area contributed by atoms with Gasteiger partial charge >= 0.3 is 0 Å². The monoisotopic (exact) mass is 161 g/mol. The Kier molecular flexibility index (Phi) is 2.20. The summed E-state index contributed by atoms with van der Waals surface area (Å²) in [5.41, 5.74) is 8.33. The van der Waals surface area contributed by atoms with Crippen LogP contribution in [0.5, 0.6) is 0 Å². The minimum atomic E-state index is -0.804. The van der Waals surface area contributed by atoms with E-state index in [1.54, 1.807) is 15.7 Å². The van der Waals surface area contributed by atoms with Crippen molar-refractivity contribution in [2.45, 2.75) is 12.3 Å². The summed E-state index contributed by atoms with van der Waals surface area (Å²) in [5, 5.41) is 8.85. The first-order valence-corrected chi connectivity index (χ1v) is 4.00. The third-order valence-electron chi connectivity index (χ3n) is 1.99. The number of nitrogens with two attached hydrogens (primary N) is 1. The molecular weight excluding hydrogens is 148 g/mol. The topological polar surface area (TPSA) is 46.2 Å². The largest absolute Gasteiger partial charge is 0.403 e. The van der Waals surface area contributed by atoms with Crippen molar-refractivity contribution in [3.05, 3.63) is 29.3 Å². The summed E-state index contributed by atoms with van der Waals surface area (Å²) in [7, 11) is 3.49. The van der Waals surface area contributed by atoms with Gasteiger partial charge in [0.15, 0.2) is 0 Å². The zero-order valence-corrected chi connectivity index (χ0v) is 7.76. The van der Waals surface area contributed by atoms with Gasteiger partial charge in [-0.3, -0.25) is 0 Å². The highest BCUT2D eigenvalue weighted by molar-refractivity contribution is 6.38. The van der Waals surface area contributed by atoms with E-state index in [9.17, 15) is 5.11 Å². The molecule has 0 heterocycles. The van der Waals surface area contributed by atoms with Gasteiger partial charge in [-0.15, -0.1) is 0 Å². The normalized spacial score (nSPS) is 11.5. The fourth-order valence-electron chi connectivity index (χ4n) is 1.02. The summed E-state index contributed by atoms with van der Waals surface area (Å²) in [6.45, 7) is 1.95. The quantitative estimate of drug-likeness (QED) is 0.407. The van der Waals surface area contributed by atoms with Crippen molar-refractivity contribution in [3.63, 3.8) is 0 Å². The summed E-state index contributed by atoms with van der Waals surface area (Å²) in [6, 6.07) is 5.63. The Bertz CT molecular complexity index is 294. The predicted molar refractivity (Wildman–Crippen MR) is 56.6 cm³/mol. The third kappa shape index (κ3) is 1.83. The number of aryl methyl sites for hydroxylation is 1. The molecule has 0 aromatic heterocycles. The van der Waals surface area contributed by atoms with Crippen molar-refractivity contribution in [1.82, 2.24) is 0 Å². The fourth-order valence-corrected chi connectivity index (χ4v) is 1.02. The van der Waals surface area contributed by atoms with Crippen molar-refractivity contribution < 1.29 is 5.11 Å². The van der Waals surface area contributed by atoms with Gasteiger partial charge in [0.2, 0.25) is 0 Å². The van der Waals surface area contributed by atoms with Crippen LogP contribution >= 0.6 is 0 Å². The van der Waals surface area contributed by atoms with Crippen LogP contribution in [0.2, 0.25) is 0 Å². The Morgan fingerprint density at radius 1 is 1.42 bits per heavy atom. The molecule has 3 N–H and O–H groups in total. The van der Waals surface area contributed by atoms with Crippen molar-refractivity contribution in [2.75, 3.05) is 5.73 Å². The van der Waals surface area contributed by atoms with Gasteiger partial charge in [-0.25, -0.2) is 0 Å². The molecule has 0 aliphatic rings. The molecule has 0 unspecified atom stereocenters. The highest BCUT2D eigenvalue weighted by Crippen LogP contribution is 2.19. The van der Waals surface area contributed by atoms with Crippen LogP contribution in [0.15, 0.2) is 18.2 Å². The van der Waals surface area contributed by atoms with E-state index in [0.29, 0.717) is 0 Å². The Morgan fingerprint density at radius 2 is 2.00 bits per heavy atom. The average Bonchev–Trinajstić information content (AvgIpc) is 1.92. The van der Waals surface area contributed by atoms with Gasteiger partial charge in [-0.1, -0.05) is 12.1 Å². The number of aliphatic hydroxyl groups is 1. The van der Waals surface area contributed by atoms with Crippen LogP contribution in [-0.4, -0.2) is 20.8 Å². The van der Waals surface area contributed by atoms with Crippen molar-refractivity contribution in [3.8, 4) is 0 Å². The summed E-state index contributed by atoms with van der Waals surface area (Å²) in [4.78, 5) is 0. The SMILES string of the molecule is BC(B)(O)c1ccc(C)c(N)c1. The molecule has 0 spiro atoms. The van der Waals surface area contributed by atoms with E-state index in [2.05, 4.69) is 0 Å². The molecule has 0 aliphatic carbocycles. The molecule has 1 aromatic carbocycles. The Labute approximate surface area is 74.6 Å². The molecule has 0 fully saturated rings. The molecule has 2 nitrogen and oxygen atoms in total. The maximum atomic E-state index is 9.65. The van der Waals surface area contributed by atoms with Crippen LogP contribution in [0.1, 0.15) is 11.1 Å². The van der Waals surface area contributed by atoms with Crippen LogP contribution in [0.25, 0.3) is 0 Å². The van der Waals surface area contributed by atoms with E-state index in [1.807, 2.05) is 25.1 Å². The van der Waals surface area contributed by atoms with Crippen molar-refractivity contribution in [2.24, 2.45) is 0 Å². The highest BCUT2D eigenvalue weighted by atomic mass is 16.3. The lowest BCUT2D eigenvalue weighted by molar-refractivity contribution is 0.217. The molecule has 1 aromatic rings. The highest BCUT2D eigenvalue weighted by Gasteiger charge is 2.15. The van der Waals surface area contributed by atoms with Crippen molar-refractivity contribution >= 4 is 21.4 Å². The molecule has 62 valence electrons. The zero-order chi connectivity index (χ0) is 9.35. The standard InChI is InChI=1S/C8H13B2NO/c1-5-2-3-6(4-7(5)11)8(9,10)12/h2-4,12H,9-11H2,1H3. The Morgan fingerprint density at radius 3 is 2.42 bits per heavy atom. The first kappa shape index (κ1) is 9.20. The maximum Gasteiger partial charge on any atom is 0.137 e. The van der Waals surface area contributed by atoms with E-state index >= 15 is 0 Å². The number of hydrogen-bond acceptors (Lipinski definition) is 2. The van der Waals surface area contributed by atoms with Gasteiger partial charge in [-0.05, 0) is 24.1 Å². The first-order chi connectivity index (χ1) is 5.41. The molecule has 0 radical (unpaired) electrons. The number of benzene rings is 1. The van der Waals surface area contributed by atoms with E-state index < -0.39 is 5.40 Å². The summed E-state index contributed by atoms with van der Waals surface area (Å²) in [5.74, 6) is 0. The van der Waals surface area contributed by atoms with Crippen LogP contribution in [-0.2, 0) is 5.40 Å². The average molecular weight is 161 g/mol. The number of anilines is 1. The molecule has 12 heavy (non-hydrogen) atoms. The predicted octanol–water partition coefficient (Wildman–Crippen LogP) is -1.05. The Hall–Kier alpha value is -0.890. The maximum absolute atomic E-state index is 9.65. The molecule has 0 bridgehead atoms. The lowest BCUT2D eigenvalue weighted by Crippen LogP contribution is -2.25. The van der Waals surface area contributed by atoms with Crippen LogP contribution in [0.3, 0.4) is 0 Å². The van der Waals surface area contributed by atoms with E-state index in [1.165, 1.54) is 0 Å². The lowest BCUT2D eigenvalue weighted by atomic mass is 9.61. The first-order valence-electron chi connectivity index (χ1n) is 4.00. The third-order valence-corrected chi connectivity index (χ3v) is 1.99. The molecule has 0 amide bonds. The van der Waals surface area contributed by atoms with E-state index in [0.717, 1.165) is 16.8 Å². The van der Waals surface area contributed by atoms with Crippen LogP contribution < -0.4 is 5.73 Å². The van der Waals surface area contributed by atoms with Gasteiger partial charge in [0, 0.05) is 11.1 Å². The van der Waals surface area contributed by atoms with Gasteiger partial charge in [0.25, 0.3) is 0 Å². The number of nitrogen functional groups attached to an aromatic ring is 1. The van der Waals surface area contributed by atoms with Crippen LogP contribution in [0.4, 0.5) is 5.69 Å². The van der Waals surface area contributed by atoms with Gasteiger partial charge in [0.05, 0.1) is 0 Å². The molecule has 0 aliphatic heterocycles. The van der Waals surface area contributed by atoms with Gasteiger partial charge in [-0.2, -0.15) is 0 Å². The summed E-state index contributed by atoms with van der Waals surface area (Å²) in [6.07, 6.45) is 0. The minimum absolute atomic E-state index is 0.731. The molecule has 1 rings (SSSR count). The zero-order valence-electron chi connectivity index (χ0n) is 7.76. The molecule has 0 atom stereocenters. The summed E-state index contributed by atoms with van der Waals surface area (Å²) < 4.78 is 0. The number of hydrogen-bond donors (Lipinski definition) is 2. The van der Waals surface area contributed by atoms with Crippen LogP contribution in [0, 0.1) is 6.92 Å². The van der Waals surface area contributed by atoms with E-state index in [-0.39, 0.29) is 0 Å². The molecule has 4 heteroatoms. The van der Waals surface area contributed by atoms with Gasteiger partial charge in [0.1, 0.15) is 15.7 Å². The second-order valence-electron chi connectivity index (χ2n) is 3.63. The Balaban J connectivity index is 3.14. The smallest absolute Gasteiger partial charge is 0.137 e. The number of rotatable bonds is 1. The fraction of sp³-hybridized carbons (Fsp3) is 0.250. The van der Waals surface area contributed by atoms with E-state index in [4.69, 9.17) is 5.73 Å². The molecule has 0 saturated heterocycles. The van der Waals surface area contributed by atoms with Gasteiger partial charge < -0.3 is 10.8 Å².